The number of amides is 3. The average molecular weight is 239 g/mol. The number of hydrogen-bond acceptors (Lipinski definition) is 5. The van der Waals surface area contributed by atoms with Crippen molar-refractivity contribution in [3.8, 4) is 5.75 Å². The number of hydrogen-bond donors (Lipinski definition) is 2. The Morgan fingerprint density at radius 1 is 1.47 bits per heavy atom. The summed E-state index contributed by atoms with van der Waals surface area (Å²) < 4.78 is 4.76. The zero-order valence-electron chi connectivity index (χ0n) is 8.80. The van der Waals surface area contributed by atoms with E-state index in [2.05, 4.69) is 0 Å². The van der Waals surface area contributed by atoms with E-state index in [0.29, 0.717) is 0 Å². The van der Waals surface area contributed by atoms with Gasteiger partial charge < -0.3 is 10.5 Å². The molecule has 1 aromatic rings. The van der Waals surface area contributed by atoms with Crippen LogP contribution in [0.3, 0.4) is 0 Å². The molecule has 0 aromatic heterocycles. The van der Waals surface area contributed by atoms with E-state index < -0.39 is 16.9 Å². The fraction of sp³-hybridized carbons (Fsp3) is 0.111. The second-order valence-electron chi connectivity index (χ2n) is 2.96. The van der Waals surface area contributed by atoms with Gasteiger partial charge in [-0.3, -0.25) is 20.2 Å². The quantitative estimate of drug-likeness (QED) is 0.583. The lowest BCUT2D eigenvalue weighted by molar-refractivity contribution is -0.385. The molecule has 3 amide bonds. The van der Waals surface area contributed by atoms with Crippen molar-refractivity contribution in [3.05, 3.63) is 33.9 Å². The molecule has 0 aliphatic carbocycles. The van der Waals surface area contributed by atoms with Gasteiger partial charge >= 0.3 is 11.7 Å². The Balaban J connectivity index is 3.12. The van der Waals surface area contributed by atoms with Crippen molar-refractivity contribution in [2.75, 3.05) is 7.11 Å². The topological polar surface area (TPSA) is 125 Å². The molecular weight excluding hydrogens is 230 g/mol. The highest BCUT2D eigenvalue weighted by atomic mass is 16.6. The van der Waals surface area contributed by atoms with Crippen molar-refractivity contribution in [1.29, 1.82) is 0 Å². The molecule has 0 fully saturated rings. The molecule has 0 atom stereocenters. The molecule has 8 heteroatoms. The first-order valence-corrected chi connectivity index (χ1v) is 4.39. The van der Waals surface area contributed by atoms with Crippen molar-refractivity contribution >= 4 is 17.6 Å². The van der Waals surface area contributed by atoms with Crippen LogP contribution in [0, 0.1) is 10.1 Å². The summed E-state index contributed by atoms with van der Waals surface area (Å²) in [6, 6.07) is 2.50. The minimum atomic E-state index is -1.03. The normalized spacial score (nSPS) is 9.47. The van der Waals surface area contributed by atoms with E-state index >= 15 is 0 Å². The van der Waals surface area contributed by atoms with E-state index in [0.717, 1.165) is 6.07 Å². The first-order valence-electron chi connectivity index (χ1n) is 4.39. The van der Waals surface area contributed by atoms with Gasteiger partial charge in [0.15, 0.2) is 5.75 Å². The molecule has 0 heterocycles. The van der Waals surface area contributed by atoms with Crippen molar-refractivity contribution in [2.24, 2.45) is 5.73 Å². The Morgan fingerprint density at radius 3 is 2.59 bits per heavy atom. The Hall–Kier alpha value is -2.64. The van der Waals surface area contributed by atoms with Crippen LogP contribution in [0.4, 0.5) is 10.5 Å². The Bertz CT molecular complexity index is 486. The first-order chi connectivity index (χ1) is 7.95. The monoisotopic (exact) mass is 239 g/mol. The van der Waals surface area contributed by atoms with Gasteiger partial charge in [0, 0.05) is 11.6 Å². The number of carbonyl (C=O) groups excluding carboxylic acids is 2. The summed E-state index contributed by atoms with van der Waals surface area (Å²) >= 11 is 0. The summed E-state index contributed by atoms with van der Waals surface area (Å²) in [6.45, 7) is 0. The molecule has 0 bridgehead atoms. The lowest BCUT2D eigenvalue weighted by atomic mass is 10.2. The number of nitrogens with zero attached hydrogens (tertiary/aromatic N) is 1. The molecule has 0 aliphatic rings. The smallest absolute Gasteiger partial charge is 0.319 e. The largest absolute Gasteiger partial charge is 0.490 e. The number of methoxy groups -OCH3 is 1. The number of nitro groups is 1. The van der Waals surface area contributed by atoms with E-state index in [1.54, 1.807) is 5.32 Å². The van der Waals surface area contributed by atoms with Gasteiger partial charge in [0.05, 0.1) is 12.0 Å². The Morgan fingerprint density at radius 2 is 2.12 bits per heavy atom. The highest BCUT2D eigenvalue weighted by Crippen LogP contribution is 2.27. The number of benzene rings is 1. The third-order valence-electron chi connectivity index (χ3n) is 1.87. The second kappa shape index (κ2) is 4.92. The summed E-state index contributed by atoms with van der Waals surface area (Å²) in [5.41, 5.74) is 4.33. The number of imide groups is 1. The van der Waals surface area contributed by atoms with E-state index in [1.165, 1.54) is 19.2 Å². The SMILES string of the molecule is COc1ccc(C(=O)NC(N)=O)cc1[N+](=O)[O-]. The van der Waals surface area contributed by atoms with Crippen LogP contribution in [0.2, 0.25) is 0 Å². The first kappa shape index (κ1) is 12.4. The van der Waals surface area contributed by atoms with Gasteiger partial charge in [0.2, 0.25) is 0 Å². The van der Waals surface area contributed by atoms with E-state index in [4.69, 9.17) is 10.5 Å². The van der Waals surface area contributed by atoms with Gasteiger partial charge in [-0.25, -0.2) is 4.79 Å². The number of primary amides is 1. The van der Waals surface area contributed by atoms with Gasteiger partial charge in [-0.15, -0.1) is 0 Å². The zero-order valence-corrected chi connectivity index (χ0v) is 8.80. The molecule has 1 aromatic carbocycles. The predicted molar refractivity (Wildman–Crippen MR) is 56.7 cm³/mol. The predicted octanol–water partition coefficient (Wildman–Crippen LogP) is 0.412. The van der Waals surface area contributed by atoms with Crippen LogP contribution in [0.25, 0.3) is 0 Å². The third kappa shape index (κ3) is 2.91. The number of nitrogens with one attached hydrogen (secondary N) is 1. The van der Waals surface area contributed by atoms with Crippen LogP contribution in [0.15, 0.2) is 18.2 Å². The standard InChI is InChI=1S/C9H9N3O5/c1-17-7-3-2-5(4-6(7)12(15)16)8(13)11-9(10)14/h2-4H,1H3,(H3,10,11,13,14). The Kier molecular flexibility index (Phi) is 3.60. The van der Waals surface area contributed by atoms with Crippen molar-refractivity contribution in [1.82, 2.24) is 5.32 Å². The maximum atomic E-state index is 11.4. The summed E-state index contributed by atoms with van der Waals surface area (Å²) in [5.74, 6) is -0.797. The minimum absolute atomic E-state index is 0.0191. The summed E-state index contributed by atoms with van der Waals surface area (Å²) in [5, 5.41) is 12.5. The summed E-state index contributed by atoms with van der Waals surface area (Å²) in [6.07, 6.45) is 0. The maximum absolute atomic E-state index is 11.4. The fourth-order valence-corrected chi connectivity index (χ4v) is 1.16. The highest BCUT2D eigenvalue weighted by Gasteiger charge is 2.18. The van der Waals surface area contributed by atoms with Gasteiger partial charge in [0.1, 0.15) is 0 Å². The van der Waals surface area contributed by atoms with Crippen LogP contribution < -0.4 is 15.8 Å². The zero-order chi connectivity index (χ0) is 13.0. The second-order valence-corrected chi connectivity index (χ2v) is 2.96. The van der Waals surface area contributed by atoms with Crippen molar-refractivity contribution in [3.63, 3.8) is 0 Å². The molecule has 0 saturated carbocycles. The molecule has 0 saturated heterocycles. The number of nitro benzene ring substituents is 1. The van der Waals surface area contributed by atoms with Crippen LogP contribution in [-0.2, 0) is 0 Å². The molecule has 3 N–H and O–H groups in total. The number of rotatable bonds is 3. The van der Waals surface area contributed by atoms with Crippen molar-refractivity contribution < 1.29 is 19.2 Å². The van der Waals surface area contributed by atoms with E-state index in [-0.39, 0.29) is 17.0 Å². The summed E-state index contributed by atoms with van der Waals surface area (Å²) in [7, 11) is 1.27. The van der Waals surface area contributed by atoms with Gasteiger partial charge in [-0.2, -0.15) is 0 Å². The van der Waals surface area contributed by atoms with Crippen LogP contribution in [-0.4, -0.2) is 24.0 Å². The molecule has 1 rings (SSSR count). The lowest BCUT2D eigenvalue weighted by Gasteiger charge is -2.04. The molecule has 0 spiro atoms. The molecular formula is C9H9N3O5. The fourth-order valence-electron chi connectivity index (χ4n) is 1.16. The molecule has 0 aliphatic heterocycles. The molecule has 0 unspecified atom stereocenters. The molecule has 0 radical (unpaired) electrons. The van der Waals surface area contributed by atoms with Gasteiger partial charge in [-0.1, -0.05) is 0 Å². The summed E-state index contributed by atoms with van der Waals surface area (Å²) in [4.78, 5) is 31.8. The van der Waals surface area contributed by atoms with Gasteiger partial charge in [0.25, 0.3) is 5.91 Å². The average Bonchev–Trinajstić information content (AvgIpc) is 2.27. The van der Waals surface area contributed by atoms with Crippen LogP contribution >= 0.6 is 0 Å². The van der Waals surface area contributed by atoms with Crippen molar-refractivity contribution in [2.45, 2.75) is 0 Å². The van der Waals surface area contributed by atoms with E-state index in [9.17, 15) is 19.7 Å². The Labute approximate surface area is 95.5 Å². The lowest BCUT2D eigenvalue weighted by Crippen LogP contribution is -2.34. The van der Waals surface area contributed by atoms with Gasteiger partial charge in [-0.05, 0) is 12.1 Å². The number of carbonyl (C=O) groups is 2. The van der Waals surface area contributed by atoms with Crippen LogP contribution in [0.5, 0.6) is 5.75 Å². The minimum Gasteiger partial charge on any atom is -0.490 e. The van der Waals surface area contributed by atoms with E-state index in [1.807, 2.05) is 0 Å². The third-order valence-corrected chi connectivity index (χ3v) is 1.87. The number of urea groups is 1. The number of nitrogens with two attached hydrogens (primary N) is 1. The molecule has 90 valence electrons. The number of ether oxygens (including phenoxy) is 1. The molecule has 17 heavy (non-hydrogen) atoms. The van der Waals surface area contributed by atoms with Crippen LogP contribution in [0.1, 0.15) is 10.4 Å². The maximum Gasteiger partial charge on any atom is 0.319 e. The molecule has 8 nitrogen and oxygen atoms in total. The highest BCUT2D eigenvalue weighted by molar-refractivity contribution is 6.04.